The van der Waals surface area contributed by atoms with Crippen molar-refractivity contribution in [2.45, 2.75) is 12.3 Å². The van der Waals surface area contributed by atoms with Gasteiger partial charge in [0.1, 0.15) is 0 Å². The molecule has 0 radical (unpaired) electrons. The molecule has 5 nitrogen and oxygen atoms in total. The zero-order valence-corrected chi connectivity index (χ0v) is 12.0. The highest BCUT2D eigenvalue weighted by Crippen LogP contribution is 2.12. The summed E-state index contributed by atoms with van der Waals surface area (Å²) in [6, 6.07) is 10.7. The third kappa shape index (κ3) is 4.32. The summed E-state index contributed by atoms with van der Waals surface area (Å²) in [6.45, 7) is 0.766. The molecule has 0 fully saturated rings. The van der Waals surface area contributed by atoms with Gasteiger partial charge in [0, 0.05) is 18.9 Å². The normalized spacial score (nSPS) is 11.2. The number of sulfonamides is 1. The summed E-state index contributed by atoms with van der Waals surface area (Å²) in [5.74, 6) is -0.0465. The SMILES string of the molecule is CNCc1ccc(CS(=O)(=O)Nc2ccncc2)cc1. The van der Waals surface area contributed by atoms with Gasteiger partial charge in [-0.05, 0) is 30.3 Å². The fourth-order valence-corrected chi connectivity index (χ4v) is 3.01. The minimum absolute atomic E-state index is 0.0465. The Bertz CT molecular complexity index is 640. The van der Waals surface area contributed by atoms with Gasteiger partial charge >= 0.3 is 0 Å². The molecule has 2 aromatic rings. The number of nitrogens with one attached hydrogen (secondary N) is 2. The Morgan fingerprint density at radius 2 is 1.60 bits per heavy atom. The second-order valence-electron chi connectivity index (χ2n) is 4.44. The molecule has 0 aliphatic rings. The second kappa shape index (κ2) is 6.49. The van der Waals surface area contributed by atoms with Gasteiger partial charge in [-0.3, -0.25) is 9.71 Å². The van der Waals surface area contributed by atoms with Crippen LogP contribution in [-0.4, -0.2) is 20.4 Å². The molecule has 2 N–H and O–H groups in total. The highest BCUT2D eigenvalue weighted by atomic mass is 32.2. The van der Waals surface area contributed by atoms with Gasteiger partial charge < -0.3 is 5.32 Å². The van der Waals surface area contributed by atoms with Crippen LogP contribution in [0.3, 0.4) is 0 Å². The molecule has 106 valence electrons. The van der Waals surface area contributed by atoms with Crippen LogP contribution < -0.4 is 10.0 Å². The largest absolute Gasteiger partial charge is 0.316 e. The van der Waals surface area contributed by atoms with Crippen molar-refractivity contribution in [3.05, 3.63) is 59.9 Å². The summed E-state index contributed by atoms with van der Waals surface area (Å²) in [4.78, 5) is 3.85. The van der Waals surface area contributed by atoms with Crippen molar-refractivity contribution >= 4 is 15.7 Å². The topological polar surface area (TPSA) is 71.1 Å². The van der Waals surface area contributed by atoms with E-state index in [-0.39, 0.29) is 5.75 Å². The number of anilines is 1. The molecule has 6 heteroatoms. The lowest BCUT2D eigenvalue weighted by atomic mass is 10.1. The van der Waals surface area contributed by atoms with E-state index in [1.807, 2.05) is 31.3 Å². The number of benzene rings is 1. The molecule has 0 spiro atoms. The first-order valence-electron chi connectivity index (χ1n) is 6.22. The number of aromatic nitrogens is 1. The molecule has 0 atom stereocenters. The first kappa shape index (κ1) is 14.5. The maximum Gasteiger partial charge on any atom is 0.236 e. The number of hydrogen-bond acceptors (Lipinski definition) is 4. The van der Waals surface area contributed by atoms with Crippen molar-refractivity contribution in [2.75, 3.05) is 11.8 Å². The van der Waals surface area contributed by atoms with Crippen LogP contribution >= 0.6 is 0 Å². The molecular weight excluding hydrogens is 274 g/mol. The van der Waals surface area contributed by atoms with Gasteiger partial charge in [0.25, 0.3) is 0 Å². The third-order valence-corrected chi connectivity index (χ3v) is 3.97. The summed E-state index contributed by atoms with van der Waals surface area (Å²) < 4.78 is 26.6. The monoisotopic (exact) mass is 291 g/mol. The van der Waals surface area contributed by atoms with Crippen LogP contribution in [0.5, 0.6) is 0 Å². The zero-order chi connectivity index (χ0) is 14.4. The van der Waals surface area contributed by atoms with Crippen molar-refractivity contribution in [3.8, 4) is 0 Å². The van der Waals surface area contributed by atoms with Gasteiger partial charge in [-0.15, -0.1) is 0 Å². The van der Waals surface area contributed by atoms with Gasteiger partial charge in [-0.1, -0.05) is 24.3 Å². The number of nitrogens with zero attached hydrogens (tertiary/aromatic N) is 1. The van der Waals surface area contributed by atoms with Crippen molar-refractivity contribution in [2.24, 2.45) is 0 Å². The first-order chi connectivity index (χ1) is 9.59. The van der Waals surface area contributed by atoms with Crippen molar-refractivity contribution in [1.82, 2.24) is 10.3 Å². The average Bonchev–Trinajstić information content (AvgIpc) is 2.41. The van der Waals surface area contributed by atoms with E-state index in [1.54, 1.807) is 24.5 Å². The Balaban J connectivity index is 2.04. The Morgan fingerprint density at radius 3 is 2.20 bits per heavy atom. The minimum Gasteiger partial charge on any atom is -0.316 e. The summed E-state index contributed by atoms with van der Waals surface area (Å²) in [5.41, 5.74) is 2.40. The van der Waals surface area contributed by atoms with Crippen LogP contribution in [0.4, 0.5) is 5.69 Å². The minimum atomic E-state index is -3.41. The third-order valence-electron chi connectivity index (χ3n) is 2.71. The molecule has 20 heavy (non-hydrogen) atoms. The molecular formula is C14H17N3O2S. The lowest BCUT2D eigenvalue weighted by molar-refractivity contribution is 0.600. The summed E-state index contributed by atoms with van der Waals surface area (Å²) in [6.07, 6.45) is 3.09. The maximum absolute atomic E-state index is 12.0. The molecule has 0 aliphatic heterocycles. The Kier molecular flexibility index (Phi) is 4.70. The van der Waals surface area contributed by atoms with E-state index in [1.165, 1.54) is 0 Å². The summed E-state index contributed by atoms with van der Waals surface area (Å²) in [5, 5.41) is 3.05. The maximum atomic E-state index is 12.0. The van der Waals surface area contributed by atoms with Gasteiger partial charge in [-0.25, -0.2) is 8.42 Å². The standard InChI is InChI=1S/C14H17N3O2S/c1-15-10-12-2-4-13(5-3-12)11-20(18,19)17-14-6-8-16-9-7-14/h2-9,15H,10-11H2,1H3,(H,16,17). The van der Waals surface area contributed by atoms with Crippen LogP contribution in [0.15, 0.2) is 48.8 Å². The van der Waals surface area contributed by atoms with Crippen LogP contribution in [0.25, 0.3) is 0 Å². The van der Waals surface area contributed by atoms with E-state index in [0.717, 1.165) is 17.7 Å². The van der Waals surface area contributed by atoms with Crippen LogP contribution in [0, 0.1) is 0 Å². The Hall–Kier alpha value is -1.92. The predicted octanol–water partition coefficient (Wildman–Crippen LogP) is 1.74. The lowest BCUT2D eigenvalue weighted by Crippen LogP contribution is -2.15. The number of rotatable bonds is 6. The van der Waals surface area contributed by atoms with E-state index in [2.05, 4.69) is 15.0 Å². The lowest BCUT2D eigenvalue weighted by Gasteiger charge is -2.08. The molecule has 0 aliphatic carbocycles. The molecule has 0 amide bonds. The fraction of sp³-hybridized carbons (Fsp3) is 0.214. The molecule has 1 aromatic carbocycles. The molecule has 0 saturated carbocycles. The van der Waals surface area contributed by atoms with Crippen molar-refractivity contribution in [3.63, 3.8) is 0 Å². The van der Waals surface area contributed by atoms with Gasteiger partial charge in [0.15, 0.2) is 0 Å². The second-order valence-corrected chi connectivity index (χ2v) is 6.17. The quantitative estimate of drug-likeness (QED) is 0.850. The Morgan fingerprint density at radius 1 is 1.00 bits per heavy atom. The van der Waals surface area contributed by atoms with E-state index < -0.39 is 10.0 Å². The van der Waals surface area contributed by atoms with Gasteiger partial charge in [-0.2, -0.15) is 0 Å². The Labute approximate surface area is 119 Å². The average molecular weight is 291 g/mol. The van der Waals surface area contributed by atoms with Crippen molar-refractivity contribution < 1.29 is 8.42 Å². The number of hydrogen-bond donors (Lipinski definition) is 2. The number of pyridine rings is 1. The molecule has 2 rings (SSSR count). The predicted molar refractivity (Wildman–Crippen MR) is 79.7 cm³/mol. The molecule has 1 aromatic heterocycles. The molecule has 0 bridgehead atoms. The van der Waals surface area contributed by atoms with E-state index in [0.29, 0.717) is 5.69 Å². The molecule has 0 unspecified atom stereocenters. The first-order valence-corrected chi connectivity index (χ1v) is 7.87. The molecule has 1 heterocycles. The van der Waals surface area contributed by atoms with Crippen LogP contribution in [0.2, 0.25) is 0 Å². The zero-order valence-electron chi connectivity index (χ0n) is 11.2. The van der Waals surface area contributed by atoms with Crippen LogP contribution in [0.1, 0.15) is 11.1 Å². The van der Waals surface area contributed by atoms with E-state index in [4.69, 9.17) is 0 Å². The van der Waals surface area contributed by atoms with E-state index in [9.17, 15) is 8.42 Å². The van der Waals surface area contributed by atoms with Gasteiger partial charge in [0.2, 0.25) is 10.0 Å². The molecule has 0 saturated heterocycles. The summed E-state index contributed by atoms with van der Waals surface area (Å²) in [7, 11) is -1.53. The highest BCUT2D eigenvalue weighted by molar-refractivity contribution is 7.91. The van der Waals surface area contributed by atoms with Crippen molar-refractivity contribution in [1.29, 1.82) is 0 Å². The smallest absolute Gasteiger partial charge is 0.236 e. The van der Waals surface area contributed by atoms with E-state index >= 15 is 0 Å². The van der Waals surface area contributed by atoms with Gasteiger partial charge in [0.05, 0.1) is 11.4 Å². The van der Waals surface area contributed by atoms with Crippen LogP contribution in [-0.2, 0) is 22.3 Å². The summed E-state index contributed by atoms with van der Waals surface area (Å²) >= 11 is 0. The highest BCUT2D eigenvalue weighted by Gasteiger charge is 2.11. The fourth-order valence-electron chi connectivity index (χ4n) is 1.81.